The molecule has 7 nitrogen and oxygen atoms in total. The lowest BCUT2D eigenvalue weighted by Gasteiger charge is -2.22. The number of carbonyl (C=O) groups excluding carboxylic acids is 2. The van der Waals surface area contributed by atoms with E-state index in [0.717, 1.165) is 4.90 Å². The summed E-state index contributed by atoms with van der Waals surface area (Å²) < 4.78 is 5.94. The van der Waals surface area contributed by atoms with Gasteiger partial charge < -0.3 is 4.74 Å². The summed E-state index contributed by atoms with van der Waals surface area (Å²) in [6.45, 7) is -0.0172. The Balaban J connectivity index is 1.73. The smallest absolute Gasteiger partial charge is 0.275 e. The molecule has 0 N–H and O–H groups in total. The second-order valence-corrected chi connectivity index (χ2v) is 6.56. The summed E-state index contributed by atoms with van der Waals surface area (Å²) in [6, 6.07) is 21.4. The van der Waals surface area contributed by atoms with Gasteiger partial charge in [-0.3, -0.25) is 24.6 Å². The summed E-state index contributed by atoms with van der Waals surface area (Å²) in [4.78, 5) is 37.9. The minimum atomic E-state index is -0.971. The number of rotatable bonds is 4. The Morgan fingerprint density at radius 3 is 2.24 bits per heavy atom. The van der Waals surface area contributed by atoms with E-state index in [9.17, 15) is 19.7 Å². The van der Waals surface area contributed by atoms with Crippen LogP contribution in [0.15, 0.2) is 78.9 Å². The van der Waals surface area contributed by atoms with E-state index in [1.165, 1.54) is 24.3 Å². The Labute approximate surface area is 166 Å². The predicted octanol–water partition coefficient (Wildman–Crippen LogP) is 3.90. The summed E-state index contributed by atoms with van der Waals surface area (Å²) >= 11 is 0. The van der Waals surface area contributed by atoms with Crippen LogP contribution in [0.4, 0.5) is 5.69 Å². The molecule has 0 unspecified atom stereocenters. The number of nitrogens with zero attached hydrogens (tertiary/aromatic N) is 2. The summed E-state index contributed by atoms with van der Waals surface area (Å²) in [6.07, 6.45) is -0.971. The molecule has 144 valence electrons. The third-order valence-corrected chi connectivity index (χ3v) is 4.69. The molecule has 7 heteroatoms. The standard InChI is InChI=1S/C22H16N2O5/c25-21-18-8-4-5-9-19(18)29-20(16-6-2-1-3-7-16)22(26)23(21)14-15-10-12-17(13-11-15)24(27)28/h1-13,20H,14H2/t20-/m0/s1. The molecule has 1 atom stereocenters. The first-order valence-corrected chi connectivity index (χ1v) is 8.94. The third-order valence-electron chi connectivity index (χ3n) is 4.69. The highest BCUT2D eigenvalue weighted by molar-refractivity contribution is 6.08. The van der Waals surface area contributed by atoms with Gasteiger partial charge in [-0.25, -0.2) is 0 Å². The maximum absolute atomic E-state index is 13.3. The highest BCUT2D eigenvalue weighted by Gasteiger charge is 2.37. The van der Waals surface area contributed by atoms with Crippen molar-refractivity contribution >= 4 is 17.5 Å². The zero-order chi connectivity index (χ0) is 20.4. The second-order valence-electron chi connectivity index (χ2n) is 6.56. The molecule has 0 aromatic heterocycles. The van der Waals surface area contributed by atoms with E-state index in [1.54, 1.807) is 48.5 Å². The topological polar surface area (TPSA) is 89.8 Å². The molecular weight excluding hydrogens is 372 g/mol. The molecule has 0 radical (unpaired) electrons. The quantitative estimate of drug-likeness (QED) is 0.384. The molecule has 0 fully saturated rings. The lowest BCUT2D eigenvalue weighted by Crippen LogP contribution is -2.38. The van der Waals surface area contributed by atoms with Crippen LogP contribution in [0, 0.1) is 10.1 Å². The lowest BCUT2D eigenvalue weighted by molar-refractivity contribution is -0.384. The van der Waals surface area contributed by atoms with Gasteiger partial charge in [0.1, 0.15) is 5.75 Å². The first-order chi connectivity index (χ1) is 14.0. The number of amides is 2. The highest BCUT2D eigenvalue weighted by Crippen LogP contribution is 2.32. The molecule has 3 aromatic carbocycles. The number of ether oxygens (including phenoxy) is 1. The minimum Gasteiger partial charge on any atom is -0.475 e. The van der Waals surface area contributed by atoms with E-state index in [4.69, 9.17) is 4.74 Å². The fraction of sp³-hybridized carbons (Fsp3) is 0.0909. The fourth-order valence-corrected chi connectivity index (χ4v) is 3.20. The van der Waals surface area contributed by atoms with Crippen molar-refractivity contribution in [3.63, 3.8) is 0 Å². The third kappa shape index (κ3) is 3.58. The van der Waals surface area contributed by atoms with E-state index in [-0.39, 0.29) is 12.2 Å². The van der Waals surface area contributed by atoms with E-state index in [2.05, 4.69) is 0 Å². The maximum Gasteiger partial charge on any atom is 0.275 e. The number of carbonyl (C=O) groups is 2. The largest absolute Gasteiger partial charge is 0.475 e. The molecular formula is C22H16N2O5. The number of non-ortho nitro benzene ring substituents is 1. The average molecular weight is 388 g/mol. The minimum absolute atomic E-state index is 0.0172. The van der Waals surface area contributed by atoms with Crippen LogP contribution in [0.1, 0.15) is 27.6 Å². The Hall–Kier alpha value is -4.00. The van der Waals surface area contributed by atoms with Gasteiger partial charge in [0, 0.05) is 17.7 Å². The summed E-state index contributed by atoms with van der Waals surface area (Å²) in [5.74, 6) is -0.621. The summed E-state index contributed by atoms with van der Waals surface area (Å²) in [5, 5.41) is 10.9. The van der Waals surface area contributed by atoms with Gasteiger partial charge in [-0.1, -0.05) is 54.6 Å². The van der Waals surface area contributed by atoms with Crippen LogP contribution in [0.5, 0.6) is 5.75 Å². The zero-order valence-corrected chi connectivity index (χ0v) is 15.2. The molecule has 1 aliphatic rings. The molecule has 0 aliphatic carbocycles. The molecule has 2 amide bonds. The van der Waals surface area contributed by atoms with E-state index in [1.807, 2.05) is 6.07 Å². The second kappa shape index (κ2) is 7.55. The average Bonchev–Trinajstić information content (AvgIpc) is 2.85. The predicted molar refractivity (Wildman–Crippen MR) is 104 cm³/mol. The van der Waals surface area contributed by atoms with Gasteiger partial charge in [-0.2, -0.15) is 0 Å². The number of hydrogen-bond acceptors (Lipinski definition) is 5. The normalized spacial score (nSPS) is 16.0. The first-order valence-electron chi connectivity index (χ1n) is 8.94. The zero-order valence-electron chi connectivity index (χ0n) is 15.2. The van der Waals surface area contributed by atoms with Gasteiger partial charge in [0.15, 0.2) is 0 Å². The van der Waals surface area contributed by atoms with Crippen LogP contribution in [-0.2, 0) is 11.3 Å². The van der Waals surface area contributed by atoms with E-state index in [0.29, 0.717) is 22.4 Å². The Morgan fingerprint density at radius 2 is 1.55 bits per heavy atom. The van der Waals surface area contributed by atoms with Crippen molar-refractivity contribution in [1.29, 1.82) is 0 Å². The maximum atomic E-state index is 13.3. The monoisotopic (exact) mass is 388 g/mol. The Bertz CT molecular complexity index is 1080. The molecule has 1 aliphatic heterocycles. The van der Waals surface area contributed by atoms with Crippen LogP contribution in [-0.4, -0.2) is 21.6 Å². The van der Waals surface area contributed by atoms with E-state index >= 15 is 0 Å². The lowest BCUT2D eigenvalue weighted by atomic mass is 10.1. The Kier molecular flexibility index (Phi) is 4.78. The van der Waals surface area contributed by atoms with Gasteiger partial charge in [-0.05, 0) is 17.7 Å². The van der Waals surface area contributed by atoms with Crippen LogP contribution in [0.25, 0.3) is 0 Å². The molecule has 29 heavy (non-hydrogen) atoms. The van der Waals surface area contributed by atoms with Crippen LogP contribution < -0.4 is 4.74 Å². The van der Waals surface area contributed by atoms with E-state index < -0.39 is 22.8 Å². The van der Waals surface area contributed by atoms with Gasteiger partial charge in [0.05, 0.1) is 17.0 Å². The van der Waals surface area contributed by atoms with Crippen molar-refractivity contribution in [3.8, 4) is 5.75 Å². The van der Waals surface area contributed by atoms with Crippen molar-refractivity contribution < 1.29 is 19.2 Å². The van der Waals surface area contributed by atoms with Crippen molar-refractivity contribution in [2.24, 2.45) is 0 Å². The number of imide groups is 1. The van der Waals surface area contributed by atoms with Crippen molar-refractivity contribution in [2.75, 3.05) is 0 Å². The molecule has 0 bridgehead atoms. The number of benzene rings is 3. The van der Waals surface area contributed by atoms with Crippen molar-refractivity contribution in [2.45, 2.75) is 12.6 Å². The van der Waals surface area contributed by atoms with Crippen LogP contribution in [0.2, 0.25) is 0 Å². The summed E-state index contributed by atoms with van der Waals surface area (Å²) in [5.41, 5.74) is 1.47. The molecule has 4 rings (SSSR count). The highest BCUT2D eigenvalue weighted by atomic mass is 16.6. The van der Waals surface area contributed by atoms with Gasteiger partial charge in [0.2, 0.25) is 6.10 Å². The van der Waals surface area contributed by atoms with Crippen molar-refractivity contribution in [3.05, 3.63) is 106 Å². The van der Waals surface area contributed by atoms with Crippen LogP contribution in [0.3, 0.4) is 0 Å². The number of nitro groups is 1. The molecule has 0 saturated heterocycles. The van der Waals surface area contributed by atoms with Gasteiger partial charge >= 0.3 is 0 Å². The number of hydrogen-bond donors (Lipinski definition) is 0. The molecule has 0 spiro atoms. The van der Waals surface area contributed by atoms with Crippen molar-refractivity contribution in [1.82, 2.24) is 4.90 Å². The number of fused-ring (bicyclic) bond motifs is 1. The number of nitro benzene ring substituents is 1. The van der Waals surface area contributed by atoms with Gasteiger partial charge in [0.25, 0.3) is 17.5 Å². The summed E-state index contributed by atoms with van der Waals surface area (Å²) in [7, 11) is 0. The Morgan fingerprint density at radius 1 is 0.897 bits per heavy atom. The van der Waals surface area contributed by atoms with Gasteiger partial charge in [-0.15, -0.1) is 0 Å². The first kappa shape index (κ1) is 18.4. The molecule has 3 aromatic rings. The van der Waals surface area contributed by atoms with Crippen LogP contribution >= 0.6 is 0 Å². The fourth-order valence-electron chi connectivity index (χ4n) is 3.20. The SMILES string of the molecule is O=C1c2ccccc2O[C@@H](c2ccccc2)C(=O)N1Cc1ccc([N+](=O)[O-])cc1. The molecule has 1 heterocycles. The number of para-hydroxylation sites is 1. The molecule has 0 saturated carbocycles.